The van der Waals surface area contributed by atoms with E-state index in [0.717, 1.165) is 22.3 Å². The zero-order valence-electron chi connectivity index (χ0n) is 23.0. The van der Waals surface area contributed by atoms with E-state index < -0.39 is 19.6 Å². The van der Waals surface area contributed by atoms with E-state index in [9.17, 15) is 9.36 Å². The lowest BCUT2D eigenvalue weighted by Crippen LogP contribution is -2.41. The average Bonchev–Trinajstić information content (AvgIpc) is 3.04. The first-order valence-corrected chi connectivity index (χ1v) is 15.5. The monoisotopic (exact) mass is 577 g/mol. The summed E-state index contributed by atoms with van der Waals surface area (Å²) in [7, 11) is -3.81. The molecular formula is C35H32NO5P. The summed E-state index contributed by atoms with van der Waals surface area (Å²) in [5.41, 5.74) is 3.99. The topological polar surface area (TPSA) is 73.9 Å². The normalized spacial score (nSPS) is 11.8. The highest BCUT2D eigenvalue weighted by Crippen LogP contribution is 2.47. The number of nitrogens with one attached hydrogen (secondary N) is 1. The van der Waals surface area contributed by atoms with Crippen LogP contribution in [0.4, 0.5) is 0 Å². The Hall–Kier alpha value is -4.64. The van der Waals surface area contributed by atoms with Crippen LogP contribution in [0.15, 0.2) is 146 Å². The molecule has 0 bridgehead atoms. The maximum absolute atomic E-state index is 14.1. The number of ether oxygens (including phenoxy) is 1. The van der Waals surface area contributed by atoms with E-state index in [1.165, 1.54) is 0 Å². The van der Waals surface area contributed by atoms with Crippen LogP contribution in [0.2, 0.25) is 0 Å². The molecule has 0 amide bonds. The van der Waals surface area contributed by atoms with Crippen molar-refractivity contribution < 1.29 is 23.1 Å². The van der Waals surface area contributed by atoms with Gasteiger partial charge in [0, 0.05) is 0 Å². The van der Waals surface area contributed by atoms with Crippen LogP contribution in [0, 0.1) is 0 Å². The lowest BCUT2D eigenvalue weighted by Gasteiger charge is -2.23. The predicted octanol–water partition coefficient (Wildman–Crippen LogP) is 7.91. The van der Waals surface area contributed by atoms with Crippen molar-refractivity contribution in [3.8, 4) is 22.6 Å². The van der Waals surface area contributed by atoms with E-state index in [2.05, 4.69) is 17.4 Å². The van der Waals surface area contributed by atoms with Crippen molar-refractivity contribution in [1.29, 1.82) is 0 Å². The van der Waals surface area contributed by atoms with E-state index in [0.29, 0.717) is 17.9 Å². The predicted molar refractivity (Wildman–Crippen MR) is 165 cm³/mol. The summed E-state index contributed by atoms with van der Waals surface area (Å²) in [5.74, 6) is 0.341. The molecule has 0 fully saturated rings. The van der Waals surface area contributed by atoms with Gasteiger partial charge in [-0.2, -0.15) is 0 Å². The molecule has 5 rings (SSSR count). The minimum absolute atomic E-state index is 0.128. The number of esters is 1. The van der Waals surface area contributed by atoms with Gasteiger partial charge >= 0.3 is 13.6 Å². The van der Waals surface area contributed by atoms with Crippen molar-refractivity contribution >= 4 is 13.6 Å². The molecule has 1 atom stereocenters. The first-order valence-electron chi connectivity index (χ1n) is 13.7. The minimum atomic E-state index is -3.81. The van der Waals surface area contributed by atoms with Crippen LogP contribution in [0.1, 0.15) is 11.1 Å². The van der Waals surface area contributed by atoms with Crippen molar-refractivity contribution in [3.05, 3.63) is 157 Å². The van der Waals surface area contributed by atoms with Crippen molar-refractivity contribution in [2.24, 2.45) is 0 Å². The first kappa shape index (κ1) is 28.9. The molecule has 5 aromatic carbocycles. The molecule has 0 aliphatic carbocycles. The molecule has 0 aliphatic rings. The fourth-order valence-electron chi connectivity index (χ4n) is 4.36. The Bertz CT molecular complexity index is 1540. The molecule has 0 spiro atoms. The summed E-state index contributed by atoms with van der Waals surface area (Å²) in [5, 5.41) is 3.14. The smallest absolute Gasteiger partial charge is 0.444 e. The largest absolute Gasteiger partial charge is 0.460 e. The summed E-state index contributed by atoms with van der Waals surface area (Å²) < 4.78 is 31.5. The van der Waals surface area contributed by atoms with E-state index in [1.54, 1.807) is 48.5 Å². The van der Waals surface area contributed by atoms with Crippen molar-refractivity contribution in [2.75, 3.05) is 6.29 Å². The van der Waals surface area contributed by atoms with Gasteiger partial charge in [0.15, 0.2) is 0 Å². The molecule has 6 nitrogen and oxygen atoms in total. The minimum Gasteiger partial charge on any atom is -0.460 e. The molecule has 5 aromatic rings. The number of carbonyl (C=O) groups excluding carboxylic acids is 1. The Morgan fingerprint density at radius 3 is 1.62 bits per heavy atom. The van der Waals surface area contributed by atoms with Gasteiger partial charge in [-0.1, -0.05) is 121 Å². The molecule has 0 heterocycles. The molecule has 0 saturated heterocycles. The highest BCUT2D eigenvalue weighted by atomic mass is 31.2. The third kappa shape index (κ3) is 8.43. The van der Waals surface area contributed by atoms with Gasteiger partial charge in [0.05, 0.1) is 0 Å². The van der Waals surface area contributed by atoms with Crippen LogP contribution in [0.5, 0.6) is 11.5 Å². The van der Waals surface area contributed by atoms with E-state index in [1.807, 2.05) is 84.9 Å². The molecule has 0 aliphatic heterocycles. The lowest BCUT2D eigenvalue weighted by atomic mass is 10.0. The fraction of sp³-hybridized carbons (Fsp3) is 0.114. The van der Waals surface area contributed by atoms with Gasteiger partial charge in [-0.25, -0.2) is 4.57 Å². The zero-order valence-corrected chi connectivity index (χ0v) is 23.9. The van der Waals surface area contributed by atoms with Crippen LogP contribution < -0.4 is 14.4 Å². The standard InChI is InChI=1S/C35H32NO5P/c37-35(39-26-29-13-5-1-6-14-29)34(25-28-21-23-31(24-22-28)30-15-7-2-8-16-30)36-27-42(38,40-32-17-9-3-10-18-32)41-33-19-11-4-12-20-33/h1-24,34,36H,25-27H2/t34-/m0/s1. The number of benzene rings is 5. The van der Waals surface area contributed by atoms with Gasteiger partial charge in [-0.3, -0.25) is 10.1 Å². The van der Waals surface area contributed by atoms with Gasteiger partial charge in [-0.05, 0) is 52.9 Å². The molecule has 0 radical (unpaired) electrons. The molecule has 7 heteroatoms. The van der Waals surface area contributed by atoms with Gasteiger partial charge in [-0.15, -0.1) is 0 Å². The van der Waals surface area contributed by atoms with Crippen LogP contribution in [0.3, 0.4) is 0 Å². The number of rotatable bonds is 13. The van der Waals surface area contributed by atoms with Crippen LogP contribution in [-0.2, 0) is 27.1 Å². The lowest BCUT2D eigenvalue weighted by molar-refractivity contribution is -0.147. The van der Waals surface area contributed by atoms with Gasteiger partial charge in [0.1, 0.15) is 30.4 Å². The third-order valence-corrected chi connectivity index (χ3v) is 8.06. The van der Waals surface area contributed by atoms with Crippen molar-refractivity contribution in [1.82, 2.24) is 5.32 Å². The maximum atomic E-state index is 14.1. The van der Waals surface area contributed by atoms with E-state index in [-0.39, 0.29) is 12.9 Å². The Kier molecular flexibility index (Phi) is 9.84. The number of hydrogen-bond acceptors (Lipinski definition) is 6. The fourth-order valence-corrected chi connectivity index (χ4v) is 5.85. The molecule has 212 valence electrons. The Morgan fingerprint density at radius 2 is 1.07 bits per heavy atom. The van der Waals surface area contributed by atoms with Gasteiger partial charge < -0.3 is 13.8 Å². The van der Waals surface area contributed by atoms with E-state index >= 15 is 0 Å². The average molecular weight is 578 g/mol. The van der Waals surface area contributed by atoms with Crippen LogP contribution in [-0.4, -0.2) is 18.3 Å². The molecule has 42 heavy (non-hydrogen) atoms. The molecule has 0 aromatic heterocycles. The molecule has 1 N–H and O–H groups in total. The van der Waals surface area contributed by atoms with Crippen molar-refractivity contribution in [2.45, 2.75) is 19.1 Å². The Morgan fingerprint density at radius 1 is 0.595 bits per heavy atom. The third-order valence-electron chi connectivity index (χ3n) is 6.52. The van der Waals surface area contributed by atoms with Gasteiger partial charge in [0.25, 0.3) is 0 Å². The Labute approximate surface area is 246 Å². The number of carbonyl (C=O) groups is 1. The van der Waals surface area contributed by atoms with Crippen LogP contribution in [0.25, 0.3) is 11.1 Å². The SMILES string of the molecule is O=C(OCc1ccccc1)[C@H](Cc1ccc(-c2ccccc2)cc1)NCP(=O)(Oc1ccccc1)Oc1ccccc1. The van der Waals surface area contributed by atoms with Gasteiger partial charge in [0.2, 0.25) is 0 Å². The molecular weight excluding hydrogens is 545 g/mol. The highest BCUT2D eigenvalue weighted by molar-refractivity contribution is 7.54. The first-order chi connectivity index (χ1) is 20.6. The summed E-state index contributed by atoms with van der Waals surface area (Å²) in [4.78, 5) is 13.4. The molecule has 0 saturated carbocycles. The second-order valence-electron chi connectivity index (χ2n) is 9.69. The zero-order chi connectivity index (χ0) is 29.0. The van der Waals surface area contributed by atoms with Crippen LogP contribution >= 0.6 is 7.60 Å². The summed E-state index contributed by atoms with van der Waals surface area (Å²) in [6.45, 7) is 0.128. The Balaban J connectivity index is 1.35. The second kappa shape index (κ2) is 14.3. The summed E-state index contributed by atoms with van der Waals surface area (Å²) in [6.07, 6.45) is 0.101. The maximum Gasteiger partial charge on any atom is 0.444 e. The number of para-hydroxylation sites is 2. The van der Waals surface area contributed by atoms with Crippen molar-refractivity contribution in [3.63, 3.8) is 0 Å². The van der Waals surface area contributed by atoms with E-state index in [4.69, 9.17) is 13.8 Å². The molecule has 0 unspecified atom stereocenters. The summed E-state index contributed by atoms with van der Waals surface area (Å²) >= 11 is 0. The highest BCUT2D eigenvalue weighted by Gasteiger charge is 2.32. The quantitative estimate of drug-likeness (QED) is 0.113. The second-order valence-corrected chi connectivity index (χ2v) is 11.6. The summed E-state index contributed by atoms with van der Waals surface area (Å²) in [6, 6.07) is 44.5. The number of hydrogen-bond donors (Lipinski definition) is 1.